The van der Waals surface area contributed by atoms with Gasteiger partial charge in [0.1, 0.15) is 0 Å². The summed E-state index contributed by atoms with van der Waals surface area (Å²) in [6, 6.07) is 17.1. The Kier molecular flexibility index (Phi) is 19.9. The third kappa shape index (κ3) is 13.9. The molecule has 0 nitrogen and oxygen atoms in total. The maximum absolute atomic E-state index is 2.54. The number of rotatable bonds is 28. The molecule has 266 valence electrons. The summed E-state index contributed by atoms with van der Waals surface area (Å²) in [6.45, 7) is 4.62. The van der Waals surface area contributed by atoms with Crippen molar-refractivity contribution < 1.29 is 0 Å². The molecule has 0 N–H and O–H groups in total. The predicted octanol–water partition coefficient (Wildman–Crippen LogP) is 17.1. The quantitative estimate of drug-likeness (QED) is 0.0306. The lowest BCUT2D eigenvalue weighted by Gasteiger charge is -2.15. The lowest BCUT2D eigenvalue weighted by molar-refractivity contribution is 0.538. The number of hydrogen-bond acceptors (Lipinski definition) is 1. The van der Waals surface area contributed by atoms with Gasteiger partial charge in [-0.25, -0.2) is 0 Å². The fourth-order valence-electron chi connectivity index (χ4n) is 7.92. The largest absolute Gasteiger partial charge is 0.129 e. The van der Waals surface area contributed by atoms with E-state index in [0.29, 0.717) is 0 Å². The Bertz CT molecular complexity index is 1430. The number of aryl methyl sites for hydroxylation is 2. The van der Waals surface area contributed by atoms with Crippen molar-refractivity contribution in [3.8, 4) is 0 Å². The molecule has 1 heterocycles. The van der Waals surface area contributed by atoms with E-state index in [-0.39, 0.29) is 0 Å². The van der Waals surface area contributed by atoms with Crippen LogP contribution in [0.15, 0.2) is 42.5 Å². The predicted molar refractivity (Wildman–Crippen MR) is 228 cm³/mol. The van der Waals surface area contributed by atoms with Crippen LogP contribution in [0.3, 0.4) is 0 Å². The summed E-state index contributed by atoms with van der Waals surface area (Å²) in [6.07, 6.45) is 39.5. The van der Waals surface area contributed by atoms with Crippen LogP contribution in [-0.4, -0.2) is 0 Å². The second kappa shape index (κ2) is 24.1. The van der Waals surface area contributed by atoms with Crippen LogP contribution in [0.1, 0.15) is 192 Å². The smallest absolute Gasteiger partial charge is 0.0666 e. The Labute approximate surface area is 313 Å². The van der Waals surface area contributed by atoms with Crippen LogP contribution in [-0.2, 0) is 12.8 Å². The Morgan fingerprint density at radius 1 is 0.417 bits per heavy atom. The van der Waals surface area contributed by atoms with Crippen molar-refractivity contribution in [1.29, 1.82) is 0 Å². The molecule has 4 rings (SSSR count). The minimum absolute atomic E-state index is 1.24. The van der Waals surface area contributed by atoms with Crippen molar-refractivity contribution in [3.63, 3.8) is 0 Å². The number of halogens is 1. The van der Waals surface area contributed by atoms with Crippen molar-refractivity contribution in [2.24, 2.45) is 0 Å². The van der Waals surface area contributed by atoms with E-state index in [1.807, 2.05) is 11.3 Å². The highest BCUT2D eigenvalue weighted by molar-refractivity contribution is 14.1. The zero-order valence-electron chi connectivity index (χ0n) is 31.1. The molecule has 0 aliphatic heterocycles. The van der Waals surface area contributed by atoms with E-state index in [0.717, 1.165) is 0 Å². The van der Waals surface area contributed by atoms with Gasteiger partial charge in [-0.3, -0.25) is 0 Å². The summed E-state index contributed by atoms with van der Waals surface area (Å²) in [7, 11) is 0. The summed E-state index contributed by atoms with van der Waals surface area (Å²) in [5.41, 5.74) is 3.30. The van der Waals surface area contributed by atoms with Crippen molar-refractivity contribution in [2.75, 3.05) is 0 Å². The van der Waals surface area contributed by atoms with E-state index in [2.05, 4.69) is 78.9 Å². The van der Waals surface area contributed by atoms with E-state index in [9.17, 15) is 0 Å². The lowest BCUT2D eigenvalue weighted by atomic mass is 9.90. The van der Waals surface area contributed by atoms with E-state index >= 15 is 0 Å². The SMILES string of the molecule is CCCCCCCCCCCCCCCc1ccc2cc3c(ccc4sc(I)cc43)cc2c1CCCCCCCCCCCCCCC. The van der Waals surface area contributed by atoms with Crippen LogP contribution in [0.5, 0.6) is 0 Å². The number of hydrogen-bond donors (Lipinski definition) is 0. The van der Waals surface area contributed by atoms with Gasteiger partial charge in [0, 0.05) is 10.1 Å². The molecule has 4 aromatic rings. The Morgan fingerprint density at radius 3 is 1.35 bits per heavy atom. The van der Waals surface area contributed by atoms with Gasteiger partial charge in [0.15, 0.2) is 0 Å². The lowest BCUT2D eigenvalue weighted by Crippen LogP contribution is -1.98. The number of benzene rings is 3. The highest BCUT2D eigenvalue weighted by Crippen LogP contribution is 2.36. The van der Waals surface area contributed by atoms with Crippen molar-refractivity contribution in [2.45, 2.75) is 194 Å². The molecular weight excluding hydrogens is 711 g/mol. The van der Waals surface area contributed by atoms with Crippen LogP contribution in [0.25, 0.3) is 31.6 Å². The van der Waals surface area contributed by atoms with Crippen LogP contribution in [0.2, 0.25) is 0 Å². The normalized spacial score (nSPS) is 11.9. The van der Waals surface area contributed by atoms with Crippen molar-refractivity contribution in [3.05, 3.63) is 56.5 Å². The van der Waals surface area contributed by atoms with Crippen molar-refractivity contribution >= 4 is 65.6 Å². The zero-order chi connectivity index (χ0) is 33.7. The molecule has 0 fully saturated rings. The summed E-state index contributed by atoms with van der Waals surface area (Å²) in [5.74, 6) is 0. The van der Waals surface area contributed by atoms with Crippen molar-refractivity contribution in [1.82, 2.24) is 0 Å². The van der Waals surface area contributed by atoms with Gasteiger partial charge in [0.25, 0.3) is 0 Å². The molecule has 0 unspecified atom stereocenters. The van der Waals surface area contributed by atoms with Gasteiger partial charge >= 0.3 is 0 Å². The van der Waals surface area contributed by atoms with Gasteiger partial charge in [-0.05, 0) is 105 Å². The number of fused-ring (bicyclic) bond motifs is 4. The summed E-state index contributed by atoms with van der Waals surface area (Å²) < 4.78 is 2.80. The molecule has 0 atom stereocenters. The molecule has 0 radical (unpaired) electrons. The second-order valence-corrected chi connectivity index (χ2v) is 18.0. The molecule has 0 spiro atoms. The monoisotopic (exact) mass is 780 g/mol. The first-order chi connectivity index (χ1) is 23.7. The molecule has 0 saturated carbocycles. The molecule has 0 amide bonds. The first-order valence-corrected chi connectivity index (χ1v) is 22.7. The third-order valence-corrected chi connectivity index (χ3v) is 12.8. The molecule has 2 heteroatoms. The van der Waals surface area contributed by atoms with E-state index in [1.165, 1.54) is 214 Å². The molecule has 48 heavy (non-hydrogen) atoms. The van der Waals surface area contributed by atoms with Crippen LogP contribution in [0, 0.1) is 2.88 Å². The van der Waals surface area contributed by atoms with E-state index in [4.69, 9.17) is 0 Å². The average molecular weight is 781 g/mol. The second-order valence-electron chi connectivity index (χ2n) is 15.0. The summed E-state index contributed by atoms with van der Waals surface area (Å²) in [5, 5.41) is 7.23. The third-order valence-electron chi connectivity index (χ3n) is 10.9. The van der Waals surface area contributed by atoms with Crippen LogP contribution >= 0.6 is 33.9 Å². The number of unbranched alkanes of at least 4 members (excludes halogenated alkanes) is 24. The van der Waals surface area contributed by atoms with Gasteiger partial charge in [-0.2, -0.15) is 0 Å². The highest BCUT2D eigenvalue weighted by Gasteiger charge is 2.12. The Hall–Kier alpha value is -1.13. The highest BCUT2D eigenvalue weighted by atomic mass is 127. The molecule has 0 aliphatic carbocycles. The zero-order valence-corrected chi connectivity index (χ0v) is 34.1. The Morgan fingerprint density at radius 2 is 0.833 bits per heavy atom. The maximum Gasteiger partial charge on any atom is 0.0666 e. The Balaban J connectivity index is 1.26. The van der Waals surface area contributed by atoms with E-state index in [1.54, 1.807) is 11.1 Å². The molecule has 1 aromatic heterocycles. The molecular formula is C46H69IS. The average Bonchev–Trinajstić information content (AvgIpc) is 3.49. The topological polar surface area (TPSA) is 0 Å². The standard InChI is InChI=1S/C46H69IS/c1-3-5-7-9-11-13-15-17-19-21-23-25-27-29-38-31-32-39-36-43-40(33-34-45-44(43)37-46(47)48-45)35-42(39)41(38)30-28-26-24-22-20-18-16-14-12-10-8-6-4-2/h31-37H,3-30H2,1-2H3. The fraction of sp³-hybridized carbons (Fsp3) is 0.652. The maximum atomic E-state index is 2.54. The van der Waals surface area contributed by atoms with Crippen LogP contribution in [0.4, 0.5) is 0 Å². The van der Waals surface area contributed by atoms with Gasteiger partial charge in [-0.1, -0.05) is 186 Å². The summed E-state index contributed by atoms with van der Waals surface area (Å²) >= 11 is 4.40. The minimum atomic E-state index is 1.24. The van der Waals surface area contributed by atoms with Gasteiger partial charge < -0.3 is 0 Å². The molecule has 0 saturated heterocycles. The molecule has 0 aliphatic rings. The molecule has 0 bridgehead atoms. The first-order valence-electron chi connectivity index (χ1n) is 20.8. The molecule has 3 aromatic carbocycles. The van der Waals surface area contributed by atoms with Crippen LogP contribution < -0.4 is 0 Å². The minimum Gasteiger partial charge on any atom is -0.129 e. The summed E-state index contributed by atoms with van der Waals surface area (Å²) in [4.78, 5) is 0. The van der Waals surface area contributed by atoms with E-state index < -0.39 is 0 Å². The van der Waals surface area contributed by atoms with Gasteiger partial charge in [-0.15, -0.1) is 11.3 Å². The van der Waals surface area contributed by atoms with Gasteiger partial charge in [0.05, 0.1) is 2.88 Å². The fourth-order valence-corrected chi connectivity index (χ4v) is 9.75. The first kappa shape index (κ1) is 39.7. The van der Waals surface area contributed by atoms with Gasteiger partial charge in [0.2, 0.25) is 0 Å². The number of thiophene rings is 1.